The maximum absolute atomic E-state index is 9.15. The number of nitrogens with one attached hydrogen (secondary N) is 1. The first-order valence-corrected chi connectivity index (χ1v) is 7.30. The molecule has 2 aliphatic carbocycles. The zero-order chi connectivity index (χ0) is 13.1. The summed E-state index contributed by atoms with van der Waals surface area (Å²) in [7, 11) is 0. The van der Waals surface area contributed by atoms with E-state index >= 15 is 0 Å². The molecule has 2 rings (SSSR count). The van der Waals surface area contributed by atoms with Gasteiger partial charge in [0.05, 0.1) is 0 Å². The number of hydrogen-bond donors (Lipinski definition) is 2. The Morgan fingerprint density at radius 2 is 2.11 bits per heavy atom. The summed E-state index contributed by atoms with van der Waals surface area (Å²) in [4.78, 5) is 0. The van der Waals surface area contributed by atoms with E-state index in [-0.39, 0.29) is 6.61 Å². The quantitative estimate of drug-likeness (QED) is 0.751. The number of allylic oxidation sites excluding steroid dienone is 2. The van der Waals surface area contributed by atoms with E-state index in [0.29, 0.717) is 18.0 Å². The molecule has 2 unspecified atom stereocenters. The van der Waals surface area contributed by atoms with Gasteiger partial charge in [0, 0.05) is 24.6 Å². The lowest BCUT2D eigenvalue weighted by atomic mass is 9.81. The van der Waals surface area contributed by atoms with Gasteiger partial charge >= 0.3 is 0 Å². The molecule has 102 valence electrons. The SMILES string of the molecule is CC1=C(C)CC(C(C)N[C@@H]2C=C[C@H](CO)C2)CC1. The van der Waals surface area contributed by atoms with Crippen LogP contribution in [0.1, 0.15) is 46.5 Å². The first-order valence-electron chi connectivity index (χ1n) is 7.30. The fourth-order valence-electron chi connectivity index (χ4n) is 3.22. The van der Waals surface area contributed by atoms with Crippen molar-refractivity contribution in [3.8, 4) is 0 Å². The maximum atomic E-state index is 9.15. The summed E-state index contributed by atoms with van der Waals surface area (Å²) in [6.45, 7) is 7.16. The van der Waals surface area contributed by atoms with E-state index in [4.69, 9.17) is 5.11 Å². The van der Waals surface area contributed by atoms with Crippen LogP contribution in [0.15, 0.2) is 23.3 Å². The number of aliphatic hydroxyl groups is 1. The van der Waals surface area contributed by atoms with E-state index in [0.717, 1.165) is 12.3 Å². The van der Waals surface area contributed by atoms with Crippen molar-refractivity contribution in [1.29, 1.82) is 0 Å². The van der Waals surface area contributed by atoms with Gasteiger partial charge in [-0.05, 0) is 52.4 Å². The van der Waals surface area contributed by atoms with Crippen LogP contribution < -0.4 is 5.32 Å². The van der Waals surface area contributed by atoms with Crippen molar-refractivity contribution in [3.63, 3.8) is 0 Å². The van der Waals surface area contributed by atoms with Gasteiger partial charge in [-0.3, -0.25) is 0 Å². The summed E-state index contributed by atoms with van der Waals surface area (Å²) >= 11 is 0. The van der Waals surface area contributed by atoms with Crippen LogP contribution in [0.2, 0.25) is 0 Å². The third-order valence-electron chi connectivity index (χ3n) is 4.78. The van der Waals surface area contributed by atoms with Crippen LogP contribution in [0.4, 0.5) is 0 Å². The van der Waals surface area contributed by atoms with Gasteiger partial charge < -0.3 is 10.4 Å². The van der Waals surface area contributed by atoms with Gasteiger partial charge in [-0.1, -0.05) is 23.3 Å². The van der Waals surface area contributed by atoms with Crippen LogP contribution in [0.3, 0.4) is 0 Å². The molecule has 0 fully saturated rings. The number of aliphatic hydroxyl groups excluding tert-OH is 1. The third kappa shape index (κ3) is 3.24. The van der Waals surface area contributed by atoms with Crippen molar-refractivity contribution in [3.05, 3.63) is 23.3 Å². The Balaban J connectivity index is 1.83. The highest BCUT2D eigenvalue weighted by Gasteiger charge is 2.25. The van der Waals surface area contributed by atoms with Crippen LogP contribution in [-0.4, -0.2) is 23.8 Å². The highest BCUT2D eigenvalue weighted by molar-refractivity contribution is 5.15. The van der Waals surface area contributed by atoms with Crippen molar-refractivity contribution in [2.75, 3.05) is 6.61 Å². The molecule has 18 heavy (non-hydrogen) atoms. The molecule has 0 aliphatic heterocycles. The van der Waals surface area contributed by atoms with Crippen molar-refractivity contribution in [2.24, 2.45) is 11.8 Å². The minimum atomic E-state index is 0.285. The summed E-state index contributed by atoms with van der Waals surface area (Å²) < 4.78 is 0. The molecule has 0 radical (unpaired) electrons. The topological polar surface area (TPSA) is 32.3 Å². The van der Waals surface area contributed by atoms with E-state index < -0.39 is 0 Å². The van der Waals surface area contributed by atoms with Gasteiger partial charge in [0.1, 0.15) is 0 Å². The molecule has 2 N–H and O–H groups in total. The average molecular weight is 249 g/mol. The first-order chi connectivity index (χ1) is 8.60. The number of rotatable bonds is 4. The normalized spacial score (nSPS) is 34.1. The second kappa shape index (κ2) is 6.03. The molecular weight excluding hydrogens is 222 g/mol. The Morgan fingerprint density at radius 1 is 1.33 bits per heavy atom. The predicted octanol–water partition coefficient (Wildman–Crippen LogP) is 3.04. The van der Waals surface area contributed by atoms with Crippen LogP contribution in [0.5, 0.6) is 0 Å². The van der Waals surface area contributed by atoms with Crippen LogP contribution in [0.25, 0.3) is 0 Å². The zero-order valence-corrected chi connectivity index (χ0v) is 11.9. The largest absolute Gasteiger partial charge is 0.396 e. The minimum absolute atomic E-state index is 0.285. The molecule has 0 heterocycles. The van der Waals surface area contributed by atoms with E-state index in [2.05, 4.69) is 38.2 Å². The Kier molecular flexibility index (Phi) is 4.63. The van der Waals surface area contributed by atoms with Crippen molar-refractivity contribution in [2.45, 2.75) is 58.5 Å². The van der Waals surface area contributed by atoms with Crippen molar-refractivity contribution in [1.82, 2.24) is 5.32 Å². The molecule has 4 atom stereocenters. The standard InChI is InChI=1S/C16H27NO/c1-11-4-6-15(8-12(11)2)13(3)17-16-7-5-14(9-16)10-18/h5,7,13-18H,4,6,8-10H2,1-3H3/t13?,14-,15?,16+/m0/s1. The predicted molar refractivity (Wildman–Crippen MR) is 76.4 cm³/mol. The maximum Gasteiger partial charge on any atom is 0.0494 e. The van der Waals surface area contributed by atoms with Gasteiger partial charge in [-0.15, -0.1) is 0 Å². The van der Waals surface area contributed by atoms with E-state index in [1.807, 2.05) is 0 Å². The summed E-state index contributed by atoms with van der Waals surface area (Å²) in [5.41, 5.74) is 3.19. The zero-order valence-electron chi connectivity index (χ0n) is 11.9. The smallest absolute Gasteiger partial charge is 0.0494 e. The minimum Gasteiger partial charge on any atom is -0.396 e. The molecule has 0 aromatic rings. The second-order valence-electron chi connectivity index (χ2n) is 6.19. The second-order valence-corrected chi connectivity index (χ2v) is 6.19. The van der Waals surface area contributed by atoms with E-state index in [1.165, 1.54) is 19.3 Å². The van der Waals surface area contributed by atoms with Crippen LogP contribution >= 0.6 is 0 Å². The Bertz CT molecular complexity index is 345. The Hall–Kier alpha value is -0.600. The molecule has 0 amide bonds. The lowest BCUT2D eigenvalue weighted by Gasteiger charge is -2.31. The van der Waals surface area contributed by atoms with Crippen LogP contribution in [-0.2, 0) is 0 Å². The first kappa shape index (κ1) is 13.8. The molecular formula is C16H27NO. The average Bonchev–Trinajstić information content (AvgIpc) is 2.80. The molecule has 0 saturated heterocycles. The summed E-state index contributed by atoms with van der Waals surface area (Å²) in [6.07, 6.45) is 9.27. The molecule has 2 aliphatic rings. The lowest BCUT2D eigenvalue weighted by molar-refractivity contribution is 0.240. The monoisotopic (exact) mass is 249 g/mol. The summed E-state index contributed by atoms with van der Waals surface area (Å²) in [6, 6.07) is 1.03. The molecule has 0 spiro atoms. The fourth-order valence-corrected chi connectivity index (χ4v) is 3.22. The molecule has 0 bridgehead atoms. The van der Waals surface area contributed by atoms with Gasteiger partial charge in [-0.25, -0.2) is 0 Å². The highest BCUT2D eigenvalue weighted by atomic mass is 16.3. The van der Waals surface area contributed by atoms with Gasteiger partial charge in [0.25, 0.3) is 0 Å². The molecule has 2 heteroatoms. The van der Waals surface area contributed by atoms with Crippen molar-refractivity contribution >= 4 is 0 Å². The van der Waals surface area contributed by atoms with Gasteiger partial charge in [0.15, 0.2) is 0 Å². The number of hydrogen-bond acceptors (Lipinski definition) is 2. The highest BCUT2D eigenvalue weighted by Crippen LogP contribution is 2.31. The van der Waals surface area contributed by atoms with Gasteiger partial charge in [0.2, 0.25) is 0 Å². The van der Waals surface area contributed by atoms with E-state index in [1.54, 1.807) is 11.1 Å². The molecule has 0 aromatic heterocycles. The molecule has 0 saturated carbocycles. The molecule has 2 nitrogen and oxygen atoms in total. The summed E-state index contributed by atoms with van der Waals surface area (Å²) in [5.74, 6) is 1.14. The molecule has 0 aromatic carbocycles. The van der Waals surface area contributed by atoms with Crippen molar-refractivity contribution < 1.29 is 5.11 Å². The van der Waals surface area contributed by atoms with E-state index in [9.17, 15) is 0 Å². The lowest BCUT2D eigenvalue weighted by Crippen LogP contribution is -2.40. The Labute approximate surface area is 111 Å². The Morgan fingerprint density at radius 3 is 2.72 bits per heavy atom. The fraction of sp³-hybridized carbons (Fsp3) is 0.750. The third-order valence-corrected chi connectivity index (χ3v) is 4.78. The van der Waals surface area contributed by atoms with Crippen LogP contribution in [0, 0.1) is 11.8 Å². The summed E-state index contributed by atoms with van der Waals surface area (Å²) in [5, 5.41) is 12.9. The van der Waals surface area contributed by atoms with Gasteiger partial charge in [-0.2, -0.15) is 0 Å².